The maximum Gasteiger partial charge on any atom is 0.160 e. The molecule has 4 aromatic rings. The van der Waals surface area contributed by atoms with Gasteiger partial charge in [-0.05, 0) is 19.1 Å². The van der Waals surface area contributed by atoms with Crippen molar-refractivity contribution in [2.45, 2.75) is 13.5 Å². The van der Waals surface area contributed by atoms with Crippen LogP contribution in [0.3, 0.4) is 0 Å². The lowest BCUT2D eigenvalue weighted by molar-refractivity contribution is 0.122. The number of aliphatic hydroxyl groups is 1. The molecule has 0 bridgehead atoms. The second kappa shape index (κ2) is 7.31. The minimum Gasteiger partial charge on any atom is -0.390 e. The van der Waals surface area contributed by atoms with Gasteiger partial charge in [-0.15, -0.1) is 0 Å². The van der Waals surface area contributed by atoms with E-state index in [-0.39, 0.29) is 6.61 Å². The van der Waals surface area contributed by atoms with E-state index in [1.165, 1.54) is 5.56 Å². The summed E-state index contributed by atoms with van der Waals surface area (Å²) in [5.41, 5.74) is 4.44. The smallest absolute Gasteiger partial charge is 0.160 e. The molecule has 0 spiro atoms. The first-order chi connectivity index (χ1) is 14.2. The van der Waals surface area contributed by atoms with Gasteiger partial charge < -0.3 is 14.7 Å². The zero-order valence-electron chi connectivity index (χ0n) is 16.2. The Kier molecular flexibility index (Phi) is 4.49. The van der Waals surface area contributed by atoms with Crippen molar-refractivity contribution in [1.82, 2.24) is 24.4 Å². The highest BCUT2D eigenvalue weighted by Crippen LogP contribution is 2.23. The molecule has 29 heavy (non-hydrogen) atoms. The van der Waals surface area contributed by atoms with Gasteiger partial charge >= 0.3 is 0 Å². The molecule has 0 unspecified atom stereocenters. The van der Waals surface area contributed by atoms with E-state index in [0.717, 1.165) is 30.2 Å². The number of morpholine rings is 1. The Hall–Kier alpha value is -3.23. The van der Waals surface area contributed by atoms with Gasteiger partial charge in [0, 0.05) is 37.0 Å². The largest absolute Gasteiger partial charge is 0.390 e. The van der Waals surface area contributed by atoms with Crippen molar-refractivity contribution in [3.8, 4) is 17.1 Å². The van der Waals surface area contributed by atoms with Gasteiger partial charge in [-0.2, -0.15) is 14.7 Å². The Morgan fingerprint density at radius 1 is 1.07 bits per heavy atom. The molecule has 1 aliphatic rings. The quantitative estimate of drug-likeness (QED) is 0.576. The number of hydrogen-bond acceptors (Lipinski definition) is 6. The fraction of sp³-hybridized carbons (Fsp3) is 0.286. The highest BCUT2D eigenvalue weighted by molar-refractivity contribution is 5.60. The number of aromatic nitrogens is 5. The maximum atomic E-state index is 9.52. The van der Waals surface area contributed by atoms with Crippen molar-refractivity contribution < 1.29 is 9.84 Å². The SMILES string of the molecule is Cc1cccc(-c2ccn(-c3cc(N4CCOCC4)n4nc(CO)cc4n3)n2)c1. The van der Waals surface area contributed by atoms with E-state index in [1.54, 1.807) is 15.3 Å². The molecule has 8 nitrogen and oxygen atoms in total. The molecule has 1 fully saturated rings. The van der Waals surface area contributed by atoms with Gasteiger partial charge in [0.25, 0.3) is 0 Å². The van der Waals surface area contributed by atoms with E-state index < -0.39 is 0 Å². The third kappa shape index (κ3) is 3.37. The van der Waals surface area contributed by atoms with Crippen LogP contribution in [-0.4, -0.2) is 55.8 Å². The Morgan fingerprint density at radius 3 is 2.72 bits per heavy atom. The van der Waals surface area contributed by atoms with Crippen LogP contribution in [0.15, 0.2) is 48.7 Å². The Balaban J connectivity index is 1.60. The molecule has 5 rings (SSSR count). The number of fused-ring (bicyclic) bond motifs is 1. The fourth-order valence-electron chi connectivity index (χ4n) is 3.62. The molecular weight excluding hydrogens is 368 g/mol. The van der Waals surface area contributed by atoms with Crippen molar-refractivity contribution in [3.05, 3.63) is 59.9 Å². The number of aliphatic hydroxyl groups excluding tert-OH is 1. The predicted molar refractivity (Wildman–Crippen MR) is 109 cm³/mol. The van der Waals surface area contributed by atoms with Gasteiger partial charge in [-0.1, -0.05) is 23.8 Å². The van der Waals surface area contributed by atoms with Crippen LogP contribution in [-0.2, 0) is 11.3 Å². The summed E-state index contributed by atoms with van der Waals surface area (Å²) >= 11 is 0. The van der Waals surface area contributed by atoms with Gasteiger partial charge in [-0.3, -0.25) is 0 Å². The molecule has 1 aromatic carbocycles. The summed E-state index contributed by atoms with van der Waals surface area (Å²) in [4.78, 5) is 6.95. The van der Waals surface area contributed by atoms with Crippen molar-refractivity contribution in [2.75, 3.05) is 31.2 Å². The minimum absolute atomic E-state index is 0.124. The van der Waals surface area contributed by atoms with Crippen LogP contribution in [0.2, 0.25) is 0 Å². The van der Waals surface area contributed by atoms with Crippen LogP contribution in [0, 0.1) is 6.92 Å². The van der Waals surface area contributed by atoms with Gasteiger partial charge in [0.2, 0.25) is 0 Å². The summed E-state index contributed by atoms with van der Waals surface area (Å²) in [6.45, 7) is 4.85. The fourth-order valence-corrected chi connectivity index (χ4v) is 3.62. The maximum absolute atomic E-state index is 9.52. The van der Waals surface area contributed by atoms with Crippen LogP contribution >= 0.6 is 0 Å². The van der Waals surface area contributed by atoms with E-state index in [0.29, 0.717) is 30.4 Å². The molecule has 0 atom stereocenters. The van der Waals surface area contributed by atoms with Gasteiger partial charge in [-0.25, -0.2) is 9.67 Å². The van der Waals surface area contributed by atoms with Gasteiger partial charge in [0.05, 0.1) is 31.2 Å². The molecule has 0 amide bonds. The standard InChI is InChI=1S/C21H22N6O2/c1-15-3-2-4-16(11-15)18-5-6-26(24-18)19-13-21(25-7-9-29-10-8-25)27-20(22-19)12-17(14-28)23-27/h2-6,11-13,28H,7-10,14H2,1H3. The predicted octanol–water partition coefficient (Wildman–Crippen LogP) is 2.22. The first-order valence-corrected chi connectivity index (χ1v) is 9.67. The molecule has 8 heteroatoms. The van der Waals surface area contributed by atoms with Crippen molar-refractivity contribution in [1.29, 1.82) is 0 Å². The summed E-state index contributed by atoms with van der Waals surface area (Å²) in [6.07, 6.45) is 1.92. The Morgan fingerprint density at radius 2 is 1.93 bits per heavy atom. The molecule has 1 saturated heterocycles. The van der Waals surface area contributed by atoms with E-state index in [9.17, 15) is 5.11 Å². The lowest BCUT2D eigenvalue weighted by atomic mass is 10.1. The number of hydrogen-bond donors (Lipinski definition) is 1. The monoisotopic (exact) mass is 390 g/mol. The van der Waals surface area contributed by atoms with E-state index in [2.05, 4.69) is 35.1 Å². The molecule has 0 radical (unpaired) electrons. The number of nitrogens with zero attached hydrogens (tertiary/aromatic N) is 6. The molecule has 0 saturated carbocycles. The molecule has 1 N–H and O–H groups in total. The third-order valence-corrected chi connectivity index (χ3v) is 5.08. The van der Waals surface area contributed by atoms with E-state index in [1.807, 2.05) is 24.4 Å². The number of aryl methyl sites for hydroxylation is 1. The minimum atomic E-state index is -0.124. The normalized spacial score (nSPS) is 14.6. The molecule has 4 heterocycles. The van der Waals surface area contributed by atoms with Crippen molar-refractivity contribution >= 4 is 11.5 Å². The van der Waals surface area contributed by atoms with Crippen LogP contribution in [0.5, 0.6) is 0 Å². The van der Waals surface area contributed by atoms with Gasteiger partial charge in [0.1, 0.15) is 5.82 Å². The summed E-state index contributed by atoms with van der Waals surface area (Å²) in [5.74, 6) is 1.63. The van der Waals surface area contributed by atoms with Crippen LogP contribution in [0.1, 0.15) is 11.3 Å². The zero-order valence-corrected chi connectivity index (χ0v) is 16.2. The number of rotatable bonds is 4. The van der Waals surface area contributed by atoms with Crippen LogP contribution in [0.25, 0.3) is 22.7 Å². The zero-order chi connectivity index (χ0) is 19.8. The molecule has 148 valence electrons. The summed E-state index contributed by atoms with van der Waals surface area (Å²) in [7, 11) is 0. The van der Waals surface area contributed by atoms with Crippen LogP contribution in [0.4, 0.5) is 5.82 Å². The lowest BCUT2D eigenvalue weighted by Crippen LogP contribution is -2.37. The molecular formula is C21H22N6O2. The first-order valence-electron chi connectivity index (χ1n) is 9.67. The van der Waals surface area contributed by atoms with E-state index >= 15 is 0 Å². The summed E-state index contributed by atoms with van der Waals surface area (Å²) in [5, 5.41) is 18.8. The third-order valence-electron chi connectivity index (χ3n) is 5.08. The molecule has 0 aliphatic carbocycles. The topological polar surface area (TPSA) is 80.7 Å². The lowest BCUT2D eigenvalue weighted by Gasteiger charge is -2.29. The highest BCUT2D eigenvalue weighted by Gasteiger charge is 2.18. The first kappa shape index (κ1) is 17.8. The number of benzene rings is 1. The molecule has 1 aliphatic heterocycles. The van der Waals surface area contributed by atoms with Crippen molar-refractivity contribution in [3.63, 3.8) is 0 Å². The number of anilines is 1. The van der Waals surface area contributed by atoms with Crippen molar-refractivity contribution in [2.24, 2.45) is 0 Å². The molecule has 3 aromatic heterocycles. The number of ether oxygens (including phenoxy) is 1. The highest BCUT2D eigenvalue weighted by atomic mass is 16.5. The Bertz CT molecular complexity index is 1160. The average molecular weight is 390 g/mol. The van der Waals surface area contributed by atoms with Gasteiger partial charge in [0.15, 0.2) is 11.5 Å². The summed E-state index contributed by atoms with van der Waals surface area (Å²) in [6, 6.07) is 14.1. The van der Waals surface area contributed by atoms with Crippen LogP contribution < -0.4 is 4.90 Å². The second-order valence-corrected chi connectivity index (χ2v) is 7.15. The average Bonchev–Trinajstić information content (AvgIpc) is 3.41. The Labute approximate surface area is 168 Å². The second-order valence-electron chi connectivity index (χ2n) is 7.15. The van der Waals surface area contributed by atoms with E-state index in [4.69, 9.17) is 14.8 Å². The summed E-state index contributed by atoms with van der Waals surface area (Å²) < 4.78 is 9.06.